The smallest absolute Gasteiger partial charge is 0.270 e. The molecule has 0 bridgehead atoms. The molecular formula is C14H17N3O. The van der Waals surface area contributed by atoms with E-state index in [9.17, 15) is 4.79 Å². The number of hydrogen-bond acceptors (Lipinski definition) is 3. The normalized spacial score (nSPS) is 10.5. The first-order valence-corrected chi connectivity index (χ1v) is 6.15. The molecule has 0 aliphatic heterocycles. The molecule has 0 saturated carbocycles. The summed E-state index contributed by atoms with van der Waals surface area (Å²) >= 11 is 0. The summed E-state index contributed by atoms with van der Waals surface area (Å²) in [6.07, 6.45) is 3.64. The van der Waals surface area contributed by atoms with Gasteiger partial charge in [-0.05, 0) is 18.6 Å². The number of nitrogens with two attached hydrogens (primary N) is 1. The Bertz CT molecular complexity index is 566. The zero-order valence-electron chi connectivity index (χ0n) is 10.4. The highest BCUT2D eigenvalue weighted by molar-refractivity contribution is 6.07. The molecule has 0 radical (unpaired) electrons. The molecule has 0 aliphatic carbocycles. The molecule has 0 aliphatic rings. The van der Waals surface area contributed by atoms with Crippen molar-refractivity contribution in [2.45, 2.75) is 19.8 Å². The van der Waals surface area contributed by atoms with Gasteiger partial charge in [-0.2, -0.15) is 0 Å². The van der Waals surface area contributed by atoms with Crippen molar-refractivity contribution in [2.75, 3.05) is 12.3 Å². The summed E-state index contributed by atoms with van der Waals surface area (Å²) in [6, 6.07) is 7.35. The summed E-state index contributed by atoms with van der Waals surface area (Å²) in [7, 11) is 0. The maximum Gasteiger partial charge on any atom is 0.270 e. The molecule has 0 fully saturated rings. The number of unbranched alkanes of at least 4 members (excludes halogenated alkanes) is 1. The lowest BCUT2D eigenvalue weighted by Crippen LogP contribution is -2.25. The number of nitrogens with zero attached hydrogens (tertiary/aromatic N) is 1. The summed E-state index contributed by atoms with van der Waals surface area (Å²) in [6.45, 7) is 2.76. The number of benzene rings is 1. The van der Waals surface area contributed by atoms with Gasteiger partial charge in [-0.25, -0.2) is 0 Å². The number of nitrogen functional groups attached to an aromatic ring is 1. The molecule has 1 aromatic heterocycles. The van der Waals surface area contributed by atoms with Crippen LogP contribution >= 0.6 is 0 Å². The number of carbonyl (C=O) groups is 1. The molecule has 2 rings (SSSR count). The highest BCUT2D eigenvalue weighted by atomic mass is 16.1. The number of nitrogens with one attached hydrogen (secondary N) is 1. The van der Waals surface area contributed by atoms with Crippen molar-refractivity contribution in [3.8, 4) is 0 Å². The van der Waals surface area contributed by atoms with Crippen molar-refractivity contribution in [3.63, 3.8) is 0 Å². The van der Waals surface area contributed by atoms with Gasteiger partial charge in [-0.15, -0.1) is 0 Å². The van der Waals surface area contributed by atoms with Gasteiger partial charge in [0.2, 0.25) is 0 Å². The summed E-state index contributed by atoms with van der Waals surface area (Å²) < 4.78 is 0. The Labute approximate surface area is 106 Å². The van der Waals surface area contributed by atoms with Gasteiger partial charge in [0.25, 0.3) is 5.91 Å². The van der Waals surface area contributed by atoms with Gasteiger partial charge in [-0.1, -0.05) is 25.5 Å². The van der Waals surface area contributed by atoms with Crippen LogP contribution in [0.5, 0.6) is 0 Å². The largest absolute Gasteiger partial charge is 0.398 e. The van der Waals surface area contributed by atoms with Crippen LogP contribution < -0.4 is 11.1 Å². The van der Waals surface area contributed by atoms with E-state index >= 15 is 0 Å². The van der Waals surface area contributed by atoms with Crippen molar-refractivity contribution in [1.29, 1.82) is 0 Å². The van der Waals surface area contributed by atoms with E-state index in [1.54, 1.807) is 6.20 Å². The van der Waals surface area contributed by atoms with Gasteiger partial charge in [0.05, 0.1) is 0 Å². The van der Waals surface area contributed by atoms with Gasteiger partial charge < -0.3 is 11.1 Å². The van der Waals surface area contributed by atoms with Gasteiger partial charge >= 0.3 is 0 Å². The van der Waals surface area contributed by atoms with Gasteiger partial charge in [0.1, 0.15) is 5.69 Å². The van der Waals surface area contributed by atoms with E-state index in [1.807, 2.05) is 24.3 Å². The lowest BCUT2D eigenvalue weighted by molar-refractivity contribution is 0.0950. The Hall–Kier alpha value is -2.10. The zero-order valence-corrected chi connectivity index (χ0v) is 10.4. The van der Waals surface area contributed by atoms with E-state index in [2.05, 4.69) is 17.2 Å². The predicted molar refractivity (Wildman–Crippen MR) is 73.4 cm³/mol. The number of pyridine rings is 1. The molecule has 0 unspecified atom stereocenters. The zero-order chi connectivity index (χ0) is 13.0. The number of aromatic nitrogens is 1. The highest BCUT2D eigenvalue weighted by Gasteiger charge is 2.11. The fourth-order valence-electron chi connectivity index (χ4n) is 1.87. The number of carbonyl (C=O) groups excluding carboxylic acids is 1. The minimum Gasteiger partial charge on any atom is -0.398 e. The Kier molecular flexibility index (Phi) is 3.77. The van der Waals surface area contributed by atoms with E-state index in [0.29, 0.717) is 17.9 Å². The minimum atomic E-state index is -0.139. The van der Waals surface area contributed by atoms with E-state index in [0.717, 1.165) is 23.6 Å². The molecular weight excluding hydrogens is 226 g/mol. The van der Waals surface area contributed by atoms with Crippen molar-refractivity contribution in [2.24, 2.45) is 0 Å². The van der Waals surface area contributed by atoms with E-state index < -0.39 is 0 Å². The van der Waals surface area contributed by atoms with Crippen LogP contribution in [0.15, 0.2) is 30.5 Å². The second-order valence-electron chi connectivity index (χ2n) is 4.21. The molecule has 3 N–H and O–H groups in total. The number of hydrogen-bond donors (Lipinski definition) is 2. The first-order valence-electron chi connectivity index (χ1n) is 6.15. The Morgan fingerprint density at radius 1 is 1.33 bits per heavy atom. The van der Waals surface area contributed by atoms with Crippen molar-refractivity contribution in [3.05, 3.63) is 36.2 Å². The number of amides is 1. The van der Waals surface area contributed by atoms with Crippen LogP contribution in [0.2, 0.25) is 0 Å². The second kappa shape index (κ2) is 5.49. The average Bonchev–Trinajstić information content (AvgIpc) is 2.39. The first kappa shape index (κ1) is 12.4. The predicted octanol–water partition coefficient (Wildman–Crippen LogP) is 2.35. The molecule has 4 nitrogen and oxygen atoms in total. The average molecular weight is 243 g/mol. The van der Waals surface area contributed by atoms with Crippen LogP contribution in [0.3, 0.4) is 0 Å². The highest BCUT2D eigenvalue weighted by Crippen LogP contribution is 2.22. The molecule has 0 spiro atoms. The van der Waals surface area contributed by atoms with Gasteiger partial charge in [0, 0.05) is 29.2 Å². The third kappa shape index (κ3) is 2.42. The maximum atomic E-state index is 12.0. The van der Waals surface area contributed by atoms with Crippen LogP contribution in [0.1, 0.15) is 30.3 Å². The molecule has 0 atom stereocenters. The van der Waals surface area contributed by atoms with Crippen LogP contribution in [0.4, 0.5) is 5.69 Å². The van der Waals surface area contributed by atoms with E-state index in [4.69, 9.17) is 5.73 Å². The molecule has 94 valence electrons. The van der Waals surface area contributed by atoms with Crippen molar-refractivity contribution in [1.82, 2.24) is 10.3 Å². The Morgan fingerprint density at radius 2 is 2.17 bits per heavy atom. The fourth-order valence-corrected chi connectivity index (χ4v) is 1.87. The summed E-state index contributed by atoms with van der Waals surface area (Å²) in [4.78, 5) is 16.2. The molecule has 1 aromatic carbocycles. The summed E-state index contributed by atoms with van der Waals surface area (Å²) in [5.74, 6) is -0.139. The van der Waals surface area contributed by atoms with Gasteiger partial charge in [0.15, 0.2) is 0 Å². The standard InChI is InChI=1S/C14H17N3O/c1-2-3-8-17-14(18)13-11-5-4-6-12(15)10(11)7-9-16-13/h4-7,9H,2-3,8,15H2,1H3,(H,17,18). The quantitative estimate of drug-likeness (QED) is 0.639. The van der Waals surface area contributed by atoms with E-state index in [1.165, 1.54) is 0 Å². The first-order chi connectivity index (χ1) is 8.74. The van der Waals surface area contributed by atoms with Crippen LogP contribution in [-0.4, -0.2) is 17.4 Å². The maximum absolute atomic E-state index is 12.0. The van der Waals surface area contributed by atoms with Crippen LogP contribution in [0.25, 0.3) is 10.8 Å². The van der Waals surface area contributed by atoms with Crippen molar-refractivity contribution >= 4 is 22.4 Å². The molecule has 4 heteroatoms. The number of rotatable bonds is 4. The number of anilines is 1. The minimum absolute atomic E-state index is 0.139. The molecule has 18 heavy (non-hydrogen) atoms. The third-order valence-electron chi connectivity index (χ3n) is 2.87. The number of fused-ring (bicyclic) bond motifs is 1. The SMILES string of the molecule is CCCCNC(=O)c1nccc2c(N)cccc12. The monoisotopic (exact) mass is 243 g/mol. The van der Waals surface area contributed by atoms with Crippen LogP contribution in [0, 0.1) is 0 Å². The van der Waals surface area contributed by atoms with E-state index in [-0.39, 0.29) is 5.91 Å². The molecule has 1 heterocycles. The molecule has 1 amide bonds. The Balaban J connectivity index is 2.33. The molecule has 2 aromatic rings. The third-order valence-corrected chi connectivity index (χ3v) is 2.87. The van der Waals surface area contributed by atoms with Gasteiger partial charge in [-0.3, -0.25) is 9.78 Å². The van der Waals surface area contributed by atoms with Crippen LogP contribution in [-0.2, 0) is 0 Å². The van der Waals surface area contributed by atoms with Crippen molar-refractivity contribution < 1.29 is 4.79 Å². The molecule has 0 saturated heterocycles. The summed E-state index contributed by atoms with van der Waals surface area (Å²) in [5.41, 5.74) is 6.99. The summed E-state index contributed by atoms with van der Waals surface area (Å²) in [5, 5.41) is 4.54. The second-order valence-corrected chi connectivity index (χ2v) is 4.21. The Morgan fingerprint density at radius 3 is 2.94 bits per heavy atom. The lowest BCUT2D eigenvalue weighted by atomic mass is 10.1. The lowest BCUT2D eigenvalue weighted by Gasteiger charge is -2.07. The fraction of sp³-hybridized carbons (Fsp3) is 0.286. The topological polar surface area (TPSA) is 68.0 Å².